The number of anilines is 2. The number of piperidine rings is 1. The van der Waals surface area contributed by atoms with Gasteiger partial charge in [-0.2, -0.15) is 4.98 Å². The van der Waals surface area contributed by atoms with Crippen LogP contribution in [0.25, 0.3) is 0 Å². The molecule has 2 fully saturated rings. The van der Waals surface area contributed by atoms with Crippen molar-refractivity contribution < 1.29 is 14.3 Å². The molecule has 9 heteroatoms. The molecule has 1 aromatic rings. The third kappa shape index (κ3) is 6.20. The highest BCUT2D eigenvalue weighted by Gasteiger charge is 2.24. The molecule has 0 radical (unpaired) electrons. The molecule has 3 rings (SSSR count). The number of hydrogen-bond acceptors (Lipinski definition) is 8. The SMILES string of the molecule is CCOC(=O)N1CCC(Nc2nc(C)cc(NCCN3CCOCC3)n2)CC1. The molecule has 0 aliphatic carbocycles. The molecule has 9 nitrogen and oxygen atoms in total. The predicted octanol–water partition coefficient (Wildman–Crippen LogP) is 1.56. The van der Waals surface area contributed by atoms with Crippen molar-refractivity contribution in [2.24, 2.45) is 0 Å². The average Bonchev–Trinajstić information content (AvgIpc) is 2.69. The number of morpholine rings is 1. The summed E-state index contributed by atoms with van der Waals surface area (Å²) >= 11 is 0. The number of nitrogens with zero attached hydrogens (tertiary/aromatic N) is 4. The maximum absolute atomic E-state index is 11.8. The van der Waals surface area contributed by atoms with Gasteiger partial charge in [-0.25, -0.2) is 9.78 Å². The third-order valence-corrected chi connectivity index (χ3v) is 5.05. The molecule has 0 spiro atoms. The Morgan fingerprint density at radius 1 is 1.25 bits per heavy atom. The lowest BCUT2D eigenvalue weighted by Crippen LogP contribution is -2.42. The molecule has 3 heterocycles. The van der Waals surface area contributed by atoms with Gasteiger partial charge < -0.3 is 25.0 Å². The van der Waals surface area contributed by atoms with Crippen LogP contribution in [0.3, 0.4) is 0 Å². The summed E-state index contributed by atoms with van der Waals surface area (Å²) in [4.78, 5) is 25.1. The Hall–Kier alpha value is -2.13. The second kappa shape index (κ2) is 10.4. The van der Waals surface area contributed by atoms with Gasteiger partial charge in [-0.15, -0.1) is 0 Å². The van der Waals surface area contributed by atoms with Gasteiger partial charge in [-0.05, 0) is 26.7 Å². The second-order valence-electron chi connectivity index (χ2n) is 7.20. The Balaban J connectivity index is 1.46. The van der Waals surface area contributed by atoms with Crippen LogP contribution in [0.4, 0.5) is 16.6 Å². The van der Waals surface area contributed by atoms with Gasteiger partial charge in [-0.1, -0.05) is 0 Å². The van der Waals surface area contributed by atoms with E-state index in [-0.39, 0.29) is 12.1 Å². The van der Waals surface area contributed by atoms with E-state index in [0.29, 0.717) is 25.6 Å². The number of ether oxygens (including phenoxy) is 2. The first-order valence-corrected chi connectivity index (χ1v) is 10.2. The van der Waals surface area contributed by atoms with Crippen LogP contribution in [-0.4, -0.2) is 91.0 Å². The minimum Gasteiger partial charge on any atom is -0.450 e. The van der Waals surface area contributed by atoms with Crippen molar-refractivity contribution in [3.8, 4) is 0 Å². The van der Waals surface area contributed by atoms with Crippen LogP contribution in [-0.2, 0) is 9.47 Å². The van der Waals surface area contributed by atoms with Crippen LogP contribution in [0.2, 0.25) is 0 Å². The van der Waals surface area contributed by atoms with Crippen molar-refractivity contribution in [1.29, 1.82) is 0 Å². The zero-order valence-electron chi connectivity index (χ0n) is 16.9. The van der Waals surface area contributed by atoms with E-state index in [1.165, 1.54) is 0 Å². The van der Waals surface area contributed by atoms with Gasteiger partial charge in [-0.3, -0.25) is 4.90 Å². The Bertz CT molecular complexity index is 630. The number of aromatic nitrogens is 2. The molecule has 1 aromatic heterocycles. The molecule has 0 saturated carbocycles. The lowest BCUT2D eigenvalue weighted by Gasteiger charge is -2.31. The average molecular weight is 393 g/mol. The highest BCUT2D eigenvalue weighted by atomic mass is 16.6. The fourth-order valence-corrected chi connectivity index (χ4v) is 3.49. The van der Waals surface area contributed by atoms with Gasteiger partial charge in [0.15, 0.2) is 0 Å². The van der Waals surface area contributed by atoms with Crippen molar-refractivity contribution in [3.05, 3.63) is 11.8 Å². The van der Waals surface area contributed by atoms with Crippen LogP contribution in [0.1, 0.15) is 25.5 Å². The van der Waals surface area contributed by atoms with Gasteiger partial charge in [0, 0.05) is 57.1 Å². The van der Waals surface area contributed by atoms with Crippen molar-refractivity contribution >= 4 is 17.9 Å². The summed E-state index contributed by atoms with van der Waals surface area (Å²) in [7, 11) is 0. The largest absolute Gasteiger partial charge is 0.450 e. The van der Waals surface area contributed by atoms with E-state index >= 15 is 0 Å². The standard InChI is InChI=1S/C19H32N6O3/c1-3-28-19(26)25-7-4-16(5-8-25)22-18-21-15(2)14-17(23-18)20-6-9-24-10-12-27-13-11-24/h14,16H,3-13H2,1-2H3,(H2,20,21,22,23). The molecule has 1 amide bonds. The monoisotopic (exact) mass is 392 g/mol. The fraction of sp³-hybridized carbons (Fsp3) is 0.737. The van der Waals surface area contributed by atoms with Crippen molar-refractivity contribution in [1.82, 2.24) is 19.8 Å². The molecule has 0 bridgehead atoms. The quantitative estimate of drug-likeness (QED) is 0.722. The number of carbonyl (C=O) groups is 1. The summed E-state index contributed by atoms with van der Waals surface area (Å²) in [6.07, 6.45) is 1.49. The maximum atomic E-state index is 11.8. The second-order valence-corrected chi connectivity index (χ2v) is 7.20. The Kier molecular flexibility index (Phi) is 7.67. The van der Waals surface area contributed by atoms with Gasteiger partial charge in [0.05, 0.1) is 19.8 Å². The molecular formula is C19H32N6O3. The molecule has 28 heavy (non-hydrogen) atoms. The minimum absolute atomic E-state index is 0.223. The van der Waals surface area contributed by atoms with E-state index < -0.39 is 0 Å². The molecule has 0 aromatic carbocycles. The van der Waals surface area contributed by atoms with Crippen LogP contribution in [0, 0.1) is 6.92 Å². The first-order chi connectivity index (χ1) is 13.6. The van der Waals surface area contributed by atoms with Crippen LogP contribution in [0.5, 0.6) is 0 Å². The smallest absolute Gasteiger partial charge is 0.409 e. The van der Waals surface area contributed by atoms with Gasteiger partial charge >= 0.3 is 6.09 Å². The van der Waals surface area contributed by atoms with Crippen molar-refractivity contribution in [3.63, 3.8) is 0 Å². The van der Waals surface area contributed by atoms with Crippen LogP contribution >= 0.6 is 0 Å². The van der Waals surface area contributed by atoms with E-state index in [2.05, 4.69) is 25.5 Å². The summed E-state index contributed by atoms with van der Waals surface area (Å²) in [6.45, 7) is 11.0. The Morgan fingerprint density at radius 2 is 2.00 bits per heavy atom. The summed E-state index contributed by atoms with van der Waals surface area (Å²) < 4.78 is 10.5. The first kappa shape index (κ1) is 20.6. The normalized spacial score (nSPS) is 18.7. The summed E-state index contributed by atoms with van der Waals surface area (Å²) in [5, 5.41) is 6.83. The third-order valence-electron chi connectivity index (χ3n) is 5.05. The summed E-state index contributed by atoms with van der Waals surface area (Å²) in [5.74, 6) is 1.48. The predicted molar refractivity (Wildman–Crippen MR) is 108 cm³/mol. The number of likely N-dealkylation sites (tertiary alicyclic amines) is 1. The molecule has 2 aliphatic heterocycles. The van der Waals surface area contributed by atoms with E-state index in [4.69, 9.17) is 9.47 Å². The Labute approximate surface area is 166 Å². The summed E-state index contributed by atoms with van der Waals surface area (Å²) in [6, 6.07) is 2.22. The van der Waals surface area contributed by atoms with E-state index in [0.717, 1.165) is 63.7 Å². The topological polar surface area (TPSA) is 91.8 Å². The summed E-state index contributed by atoms with van der Waals surface area (Å²) in [5.41, 5.74) is 0.926. The van der Waals surface area contributed by atoms with Gasteiger partial charge in [0.25, 0.3) is 0 Å². The molecule has 2 saturated heterocycles. The van der Waals surface area contributed by atoms with Crippen LogP contribution < -0.4 is 10.6 Å². The zero-order chi connectivity index (χ0) is 19.8. The lowest BCUT2D eigenvalue weighted by atomic mass is 10.1. The van der Waals surface area contributed by atoms with Crippen LogP contribution in [0.15, 0.2) is 6.07 Å². The number of nitrogens with one attached hydrogen (secondary N) is 2. The Morgan fingerprint density at radius 3 is 2.71 bits per heavy atom. The van der Waals surface area contributed by atoms with Crippen molar-refractivity contribution in [2.75, 3.05) is 69.7 Å². The number of carbonyl (C=O) groups excluding carboxylic acids is 1. The highest BCUT2D eigenvalue weighted by Crippen LogP contribution is 2.17. The van der Waals surface area contributed by atoms with E-state index in [1.807, 2.05) is 19.9 Å². The number of rotatable bonds is 7. The van der Waals surface area contributed by atoms with Crippen molar-refractivity contribution in [2.45, 2.75) is 32.7 Å². The fourth-order valence-electron chi connectivity index (χ4n) is 3.49. The lowest BCUT2D eigenvalue weighted by molar-refractivity contribution is 0.0398. The highest BCUT2D eigenvalue weighted by molar-refractivity contribution is 5.67. The van der Waals surface area contributed by atoms with Gasteiger partial charge in [0.2, 0.25) is 5.95 Å². The van der Waals surface area contributed by atoms with Gasteiger partial charge in [0.1, 0.15) is 5.82 Å². The molecule has 156 valence electrons. The number of hydrogen-bond donors (Lipinski definition) is 2. The molecule has 0 atom stereocenters. The molecular weight excluding hydrogens is 360 g/mol. The van der Waals surface area contributed by atoms with E-state index in [1.54, 1.807) is 4.90 Å². The number of aryl methyl sites for hydroxylation is 1. The molecule has 2 N–H and O–H groups in total. The zero-order valence-corrected chi connectivity index (χ0v) is 16.9. The molecule has 2 aliphatic rings. The van der Waals surface area contributed by atoms with E-state index in [9.17, 15) is 4.79 Å². The number of amides is 1. The first-order valence-electron chi connectivity index (χ1n) is 10.2. The maximum Gasteiger partial charge on any atom is 0.409 e. The molecule has 0 unspecified atom stereocenters. The minimum atomic E-state index is -0.223.